The summed E-state index contributed by atoms with van der Waals surface area (Å²) in [6.45, 7) is 4.30. The highest BCUT2D eigenvalue weighted by Crippen LogP contribution is 2.15. The van der Waals surface area contributed by atoms with Gasteiger partial charge < -0.3 is 20.7 Å². The summed E-state index contributed by atoms with van der Waals surface area (Å²) < 4.78 is 5.27. The molecule has 0 spiro atoms. The van der Waals surface area contributed by atoms with Crippen molar-refractivity contribution >= 4 is 23.2 Å². The zero-order valence-corrected chi connectivity index (χ0v) is 14.4. The Morgan fingerprint density at radius 2 is 1.72 bits per heavy atom. The fourth-order valence-corrected chi connectivity index (χ4v) is 3.17. The fraction of sp³-hybridized carbons (Fsp3) is 0.556. The summed E-state index contributed by atoms with van der Waals surface area (Å²) >= 11 is 0. The number of hydrogen-bond acceptors (Lipinski definition) is 5. The third kappa shape index (κ3) is 5.81. The van der Waals surface area contributed by atoms with Gasteiger partial charge in [0.2, 0.25) is 11.8 Å². The number of anilines is 2. The number of amides is 2. The van der Waals surface area contributed by atoms with E-state index in [4.69, 9.17) is 4.74 Å². The van der Waals surface area contributed by atoms with Crippen LogP contribution < -0.4 is 16.0 Å². The van der Waals surface area contributed by atoms with Crippen LogP contribution in [-0.4, -0.2) is 62.1 Å². The van der Waals surface area contributed by atoms with Crippen molar-refractivity contribution < 1.29 is 14.3 Å². The Morgan fingerprint density at radius 1 is 1.08 bits per heavy atom. The minimum atomic E-state index is -0.0361. The molecular weight excluding hydrogens is 320 g/mol. The lowest BCUT2D eigenvalue weighted by atomic mass is 10.1. The van der Waals surface area contributed by atoms with Crippen LogP contribution in [0, 0.1) is 0 Å². The molecule has 0 bridgehead atoms. The van der Waals surface area contributed by atoms with E-state index in [1.807, 2.05) is 12.1 Å². The van der Waals surface area contributed by atoms with Gasteiger partial charge >= 0.3 is 0 Å². The number of rotatable bonds is 6. The lowest BCUT2D eigenvalue weighted by Gasteiger charge is -2.25. The zero-order chi connectivity index (χ0) is 17.5. The average Bonchev–Trinajstić information content (AvgIpc) is 3.10. The first-order valence-corrected chi connectivity index (χ1v) is 8.92. The second-order valence-electron chi connectivity index (χ2n) is 6.56. The van der Waals surface area contributed by atoms with Crippen molar-refractivity contribution in [2.45, 2.75) is 25.3 Å². The second kappa shape index (κ2) is 8.94. The minimum absolute atomic E-state index is 0.0171. The molecule has 0 aliphatic carbocycles. The van der Waals surface area contributed by atoms with E-state index in [1.54, 1.807) is 12.1 Å². The molecular formula is C18H26N4O3. The zero-order valence-electron chi connectivity index (χ0n) is 14.4. The molecule has 7 nitrogen and oxygen atoms in total. The van der Waals surface area contributed by atoms with E-state index in [0.29, 0.717) is 32.2 Å². The highest BCUT2D eigenvalue weighted by molar-refractivity contribution is 5.93. The van der Waals surface area contributed by atoms with Gasteiger partial charge in [0.15, 0.2) is 0 Å². The standard InChI is InChI=1S/C18H26N4O3/c23-17(12-16-2-1-7-19-16)20-14-3-5-15(6-4-14)21-18(24)13-22-8-10-25-11-9-22/h3-6,16,19H,1-2,7-13H2,(H,20,23)(H,21,24). The first-order chi connectivity index (χ1) is 12.2. The van der Waals surface area contributed by atoms with E-state index in [0.717, 1.165) is 43.9 Å². The summed E-state index contributed by atoms with van der Waals surface area (Å²) in [4.78, 5) is 26.2. The topological polar surface area (TPSA) is 82.7 Å². The molecule has 2 amide bonds. The molecule has 2 heterocycles. The van der Waals surface area contributed by atoms with Crippen LogP contribution in [0.3, 0.4) is 0 Å². The van der Waals surface area contributed by atoms with Gasteiger partial charge in [-0.05, 0) is 43.7 Å². The molecule has 0 saturated carbocycles. The Bertz CT molecular complexity index is 578. The molecule has 1 aromatic rings. The van der Waals surface area contributed by atoms with Crippen molar-refractivity contribution in [1.82, 2.24) is 10.2 Å². The average molecular weight is 346 g/mol. The summed E-state index contributed by atoms with van der Waals surface area (Å²) in [5, 5.41) is 9.10. The minimum Gasteiger partial charge on any atom is -0.379 e. The Balaban J connectivity index is 1.43. The Morgan fingerprint density at radius 3 is 2.32 bits per heavy atom. The second-order valence-corrected chi connectivity index (χ2v) is 6.56. The first-order valence-electron chi connectivity index (χ1n) is 8.92. The number of hydrogen-bond donors (Lipinski definition) is 3. The van der Waals surface area contributed by atoms with Crippen LogP contribution >= 0.6 is 0 Å². The van der Waals surface area contributed by atoms with E-state index in [2.05, 4.69) is 20.9 Å². The molecule has 2 aliphatic rings. The number of carbonyl (C=O) groups excluding carboxylic acids is 2. The maximum absolute atomic E-state index is 12.1. The van der Waals surface area contributed by atoms with Crippen molar-refractivity contribution in [1.29, 1.82) is 0 Å². The highest BCUT2D eigenvalue weighted by Gasteiger charge is 2.17. The quantitative estimate of drug-likeness (QED) is 0.717. The number of benzene rings is 1. The van der Waals surface area contributed by atoms with Gasteiger partial charge in [0.05, 0.1) is 19.8 Å². The van der Waals surface area contributed by atoms with Crippen LogP contribution in [0.4, 0.5) is 11.4 Å². The van der Waals surface area contributed by atoms with E-state index in [-0.39, 0.29) is 11.8 Å². The van der Waals surface area contributed by atoms with Gasteiger partial charge in [0.25, 0.3) is 0 Å². The number of carbonyl (C=O) groups is 2. The molecule has 0 radical (unpaired) electrons. The van der Waals surface area contributed by atoms with Crippen molar-refractivity contribution in [3.63, 3.8) is 0 Å². The molecule has 2 aliphatic heterocycles. The van der Waals surface area contributed by atoms with E-state index >= 15 is 0 Å². The summed E-state index contributed by atoms with van der Waals surface area (Å²) in [5.41, 5.74) is 1.47. The molecule has 2 fully saturated rings. The van der Waals surface area contributed by atoms with Gasteiger partial charge in [-0.15, -0.1) is 0 Å². The maximum Gasteiger partial charge on any atom is 0.238 e. The molecule has 3 rings (SSSR count). The van der Waals surface area contributed by atoms with Crippen LogP contribution in [0.2, 0.25) is 0 Å². The molecule has 25 heavy (non-hydrogen) atoms. The molecule has 136 valence electrons. The van der Waals surface area contributed by atoms with Crippen LogP contribution in [0.15, 0.2) is 24.3 Å². The van der Waals surface area contributed by atoms with Gasteiger partial charge in [0, 0.05) is 36.9 Å². The molecule has 1 aromatic carbocycles. The first kappa shape index (κ1) is 17.8. The summed E-state index contributed by atoms with van der Waals surface area (Å²) in [6, 6.07) is 7.52. The molecule has 0 aromatic heterocycles. The third-order valence-electron chi connectivity index (χ3n) is 4.52. The van der Waals surface area contributed by atoms with Gasteiger partial charge in [-0.1, -0.05) is 0 Å². The fourth-order valence-electron chi connectivity index (χ4n) is 3.17. The molecule has 7 heteroatoms. The van der Waals surface area contributed by atoms with Crippen molar-refractivity contribution in [2.24, 2.45) is 0 Å². The molecule has 1 unspecified atom stereocenters. The monoisotopic (exact) mass is 346 g/mol. The summed E-state index contributed by atoms with van der Waals surface area (Å²) in [7, 11) is 0. The largest absolute Gasteiger partial charge is 0.379 e. The van der Waals surface area contributed by atoms with Crippen LogP contribution in [0.1, 0.15) is 19.3 Å². The highest BCUT2D eigenvalue weighted by atomic mass is 16.5. The Labute approximate surface area is 148 Å². The van der Waals surface area contributed by atoms with Crippen LogP contribution in [0.25, 0.3) is 0 Å². The van der Waals surface area contributed by atoms with Crippen molar-refractivity contribution in [2.75, 3.05) is 50.0 Å². The number of nitrogens with one attached hydrogen (secondary N) is 3. The van der Waals surface area contributed by atoms with Gasteiger partial charge in [-0.3, -0.25) is 14.5 Å². The lowest BCUT2D eigenvalue weighted by Crippen LogP contribution is -2.41. The maximum atomic E-state index is 12.1. The van der Waals surface area contributed by atoms with Crippen LogP contribution in [0.5, 0.6) is 0 Å². The van der Waals surface area contributed by atoms with Gasteiger partial charge in [-0.2, -0.15) is 0 Å². The number of ether oxygens (including phenoxy) is 1. The van der Waals surface area contributed by atoms with E-state index in [1.165, 1.54) is 0 Å². The SMILES string of the molecule is O=C(CC1CCCN1)Nc1ccc(NC(=O)CN2CCOCC2)cc1. The van der Waals surface area contributed by atoms with Gasteiger partial charge in [-0.25, -0.2) is 0 Å². The molecule has 3 N–H and O–H groups in total. The molecule has 2 saturated heterocycles. The van der Waals surface area contributed by atoms with Gasteiger partial charge in [0.1, 0.15) is 0 Å². The smallest absolute Gasteiger partial charge is 0.238 e. The summed E-state index contributed by atoms with van der Waals surface area (Å²) in [5.74, 6) is -0.0190. The molecule has 1 atom stereocenters. The predicted molar refractivity (Wildman–Crippen MR) is 96.6 cm³/mol. The Kier molecular flexibility index (Phi) is 6.38. The number of morpholine rings is 1. The van der Waals surface area contributed by atoms with Crippen molar-refractivity contribution in [3.8, 4) is 0 Å². The normalized spacial score (nSPS) is 21.0. The van der Waals surface area contributed by atoms with E-state index in [9.17, 15) is 9.59 Å². The summed E-state index contributed by atoms with van der Waals surface area (Å²) in [6.07, 6.45) is 2.69. The van der Waals surface area contributed by atoms with Crippen molar-refractivity contribution in [3.05, 3.63) is 24.3 Å². The third-order valence-corrected chi connectivity index (χ3v) is 4.52. The lowest BCUT2D eigenvalue weighted by molar-refractivity contribution is -0.118. The van der Waals surface area contributed by atoms with E-state index < -0.39 is 0 Å². The Hall–Kier alpha value is -1.96. The van der Waals surface area contributed by atoms with Crippen LogP contribution in [-0.2, 0) is 14.3 Å². The predicted octanol–water partition coefficient (Wildman–Crippen LogP) is 1.04. The number of nitrogens with zero attached hydrogens (tertiary/aromatic N) is 1.